The van der Waals surface area contributed by atoms with Crippen LogP contribution >= 0.6 is 0 Å². The van der Waals surface area contributed by atoms with Gasteiger partial charge in [-0.3, -0.25) is 4.18 Å². The summed E-state index contributed by atoms with van der Waals surface area (Å²) in [5.41, 5.74) is 0. The zero-order valence-electron chi connectivity index (χ0n) is 12.5. The lowest BCUT2D eigenvalue weighted by Crippen LogP contribution is -3.15. The average Bonchev–Trinajstić information content (AvgIpc) is 3.05. The number of ether oxygens (including phenoxy) is 1. The monoisotopic (exact) mass is 366 g/mol. The number of fused-ring (bicyclic) bond motifs is 1. The van der Waals surface area contributed by atoms with Crippen LogP contribution in [0.25, 0.3) is 0 Å². The molecule has 4 rings (SSSR count). The van der Waals surface area contributed by atoms with E-state index in [1.54, 1.807) is 0 Å². The molecule has 10 heteroatoms. The number of hydrogen-bond donors (Lipinski definition) is 1. The lowest BCUT2D eigenvalue weighted by molar-refractivity contribution is -0.889. The summed E-state index contributed by atoms with van der Waals surface area (Å²) in [4.78, 5) is 13.0. The third-order valence-electron chi connectivity index (χ3n) is 5.61. The maximum Gasteiger partial charge on any atom is 0.362 e. The number of carbonyl (C=O) groups excluding carboxylic acids is 1. The molecule has 1 N–H and O–H groups in total. The first-order valence-electron chi connectivity index (χ1n) is 7.91. The minimum absolute atomic E-state index is 0.0460. The molecule has 2 saturated carbocycles. The van der Waals surface area contributed by atoms with Crippen molar-refractivity contribution in [1.82, 2.24) is 0 Å². The number of sulfone groups is 1. The predicted octanol–water partition coefficient (Wildman–Crippen LogP) is -2.65. The highest BCUT2D eigenvalue weighted by Crippen LogP contribution is 2.55. The van der Waals surface area contributed by atoms with Gasteiger partial charge in [-0.05, 0) is 12.8 Å². The SMILES string of the molecule is O=C(C[NH+]1CCS(=O)(=O)CC1)OC1C2CC3C1OS(=O)(=O)C3C2. The molecule has 130 valence electrons. The predicted molar refractivity (Wildman–Crippen MR) is 77.9 cm³/mol. The maximum atomic E-state index is 12.1. The molecule has 4 aliphatic rings. The van der Waals surface area contributed by atoms with Crippen molar-refractivity contribution in [2.45, 2.75) is 30.3 Å². The second kappa shape index (κ2) is 5.14. The van der Waals surface area contributed by atoms with Crippen molar-refractivity contribution in [1.29, 1.82) is 0 Å². The fraction of sp³-hybridized carbons (Fsp3) is 0.923. The zero-order valence-corrected chi connectivity index (χ0v) is 14.1. The van der Waals surface area contributed by atoms with Gasteiger partial charge in [0, 0.05) is 11.8 Å². The van der Waals surface area contributed by atoms with E-state index in [0.29, 0.717) is 19.5 Å². The third-order valence-corrected chi connectivity index (χ3v) is 9.04. The molecule has 5 atom stereocenters. The summed E-state index contributed by atoms with van der Waals surface area (Å²) in [6, 6.07) is 0. The molecule has 2 saturated heterocycles. The first-order valence-corrected chi connectivity index (χ1v) is 11.2. The molecule has 2 aliphatic heterocycles. The molecule has 2 heterocycles. The Morgan fingerprint density at radius 3 is 2.52 bits per heavy atom. The zero-order chi connectivity index (χ0) is 16.4. The molecule has 2 bridgehead atoms. The number of carbonyl (C=O) groups is 1. The smallest absolute Gasteiger partial charge is 0.362 e. The fourth-order valence-electron chi connectivity index (χ4n) is 4.45. The Morgan fingerprint density at radius 2 is 1.83 bits per heavy atom. The van der Waals surface area contributed by atoms with Gasteiger partial charge < -0.3 is 9.64 Å². The number of quaternary nitrogens is 1. The minimum atomic E-state index is -3.50. The number of hydrogen-bond acceptors (Lipinski definition) is 7. The van der Waals surface area contributed by atoms with Gasteiger partial charge in [0.05, 0.1) is 29.8 Å². The Morgan fingerprint density at radius 1 is 1.13 bits per heavy atom. The normalized spacial score (nSPS) is 43.6. The molecule has 23 heavy (non-hydrogen) atoms. The molecular weight excluding hydrogens is 346 g/mol. The molecule has 0 spiro atoms. The van der Waals surface area contributed by atoms with Gasteiger partial charge in [-0.1, -0.05) is 0 Å². The molecule has 8 nitrogen and oxygen atoms in total. The quantitative estimate of drug-likeness (QED) is 0.429. The van der Waals surface area contributed by atoms with Crippen molar-refractivity contribution >= 4 is 25.9 Å². The highest BCUT2D eigenvalue weighted by molar-refractivity contribution is 7.91. The van der Waals surface area contributed by atoms with Gasteiger partial charge in [0.2, 0.25) is 0 Å². The molecule has 0 amide bonds. The molecule has 2 aliphatic carbocycles. The summed E-state index contributed by atoms with van der Waals surface area (Å²) >= 11 is 0. The van der Waals surface area contributed by atoms with Gasteiger partial charge in [-0.15, -0.1) is 0 Å². The maximum absolute atomic E-state index is 12.1. The first-order chi connectivity index (χ1) is 10.8. The van der Waals surface area contributed by atoms with Gasteiger partial charge in [-0.25, -0.2) is 13.2 Å². The van der Waals surface area contributed by atoms with Crippen LogP contribution < -0.4 is 4.90 Å². The molecule has 5 unspecified atom stereocenters. The second-order valence-electron chi connectivity index (χ2n) is 7.02. The van der Waals surface area contributed by atoms with Crippen molar-refractivity contribution in [2.24, 2.45) is 11.8 Å². The van der Waals surface area contributed by atoms with Crippen LogP contribution in [0.4, 0.5) is 0 Å². The molecule has 0 aromatic rings. The second-order valence-corrected chi connectivity index (χ2v) is 11.1. The topological polar surface area (TPSA) is 108 Å². The molecule has 4 fully saturated rings. The molecular formula is C13H20NO7S2+. The summed E-state index contributed by atoms with van der Waals surface area (Å²) < 4.78 is 57.2. The Kier molecular flexibility index (Phi) is 3.53. The first kappa shape index (κ1) is 15.8. The lowest BCUT2D eigenvalue weighted by atomic mass is 9.94. The van der Waals surface area contributed by atoms with Crippen molar-refractivity contribution in [2.75, 3.05) is 31.1 Å². The van der Waals surface area contributed by atoms with Gasteiger partial charge in [0.15, 0.2) is 16.4 Å². The highest BCUT2D eigenvalue weighted by Gasteiger charge is 2.65. The summed E-state index contributed by atoms with van der Waals surface area (Å²) in [6.07, 6.45) is 0.246. The van der Waals surface area contributed by atoms with Crippen molar-refractivity contribution in [3.8, 4) is 0 Å². The van der Waals surface area contributed by atoms with Crippen LogP contribution in [-0.2, 0) is 33.7 Å². The Bertz CT molecular complexity index is 717. The fourth-order valence-corrected chi connectivity index (χ4v) is 7.73. The Balaban J connectivity index is 1.36. The molecule has 0 aromatic heterocycles. The van der Waals surface area contributed by atoms with E-state index in [1.165, 1.54) is 0 Å². The van der Waals surface area contributed by atoms with Gasteiger partial charge in [-0.2, -0.15) is 8.42 Å². The van der Waals surface area contributed by atoms with E-state index in [1.807, 2.05) is 0 Å². The van der Waals surface area contributed by atoms with Crippen LogP contribution in [0.3, 0.4) is 0 Å². The average molecular weight is 366 g/mol. The lowest BCUT2D eigenvalue weighted by Gasteiger charge is -2.27. The molecule has 0 aromatic carbocycles. The van der Waals surface area contributed by atoms with E-state index in [0.717, 1.165) is 11.3 Å². The van der Waals surface area contributed by atoms with Crippen LogP contribution in [-0.4, -0.2) is 71.4 Å². The number of rotatable bonds is 3. The van der Waals surface area contributed by atoms with E-state index in [4.69, 9.17) is 8.92 Å². The van der Waals surface area contributed by atoms with Gasteiger partial charge in [0.1, 0.15) is 12.2 Å². The van der Waals surface area contributed by atoms with E-state index in [-0.39, 0.29) is 29.9 Å². The van der Waals surface area contributed by atoms with Crippen LogP contribution in [0.2, 0.25) is 0 Å². The van der Waals surface area contributed by atoms with Crippen LogP contribution in [0.5, 0.6) is 0 Å². The summed E-state index contributed by atoms with van der Waals surface area (Å²) in [6.45, 7) is 0.932. The van der Waals surface area contributed by atoms with E-state index >= 15 is 0 Å². The Labute approximate surface area is 135 Å². The van der Waals surface area contributed by atoms with Crippen LogP contribution in [0.1, 0.15) is 12.8 Å². The largest absolute Gasteiger partial charge is 0.455 e. The minimum Gasteiger partial charge on any atom is -0.455 e. The van der Waals surface area contributed by atoms with E-state index in [9.17, 15) is 21.6 Å². The summed E-state index contributed by atoms with van der Waals surface area (Å²) in [5, 5.41) is -0.426. The van der Waals surface area contributed by atoms with Crippen molar-refractivity contribution < 1.29 is 35.4 Å². The van der Waals surface area contributed by atoms with Crippen molar-refractivity contribution in [3.05, 3.63) is 0 Å². The summed E-state index contributed by atoms with van der Waals surface area (Å²) in [7, 11) is -6.46. The Hall–Kier alpha value is -0.710. The summed E-state index contributed by atoms with van der Waals surface area (Å²) in [5.74, 6) is -0.199. The third kappa shape index (κ3) is 2.69. The number of nitrogens with one attached hydrogen (secondary N) is 1. The standard InChI is InChI=1S/C13H19NO7S2/c15-11(7-14-1-3-22(16,17)4-2-14)20-12-8-5-9-10(6-8)23(18,19)21-13(9)12/h8-10,12-13H,1-7H2/p+1. The number of esters is 1. The highest BCUT2D eigenvalue weighted by atomic mass is 32.2. The van der Waals surface area contributed by atoms with Gasteiger partial charge in [0.25, 0.3) is 10.1 Å². The van der Waals surface area contributed by atoms with Crippen LogP contribution in [0.15, 0.2) is 0 Å². The van der Waals surface area contributed by atoms with Crippen molar-refractivity contribution in [3.63, 3.8) is 0 Å². The van der Waals surface area contributed by atoms with Gasteiger partial charge >= 0.3 is 5.97 Å². The molecule has 0 radical (unpaired) electrons. The van der Waals surface area contributed by atoms with Crippen LogP contribution in [0, 0.1) is 11.8 Å². The van der Waals surface area contributed by atoms with E-state index < -0.39 is 43.4 Å². The van der Waals surface area contributed by atoms with E-state index in [2.05, 4.69) is 0 Å².